The Morgan fingerprint density at radius 1 is 1.00 bits per heavy atom. The molecule has 0 heterocycles. The average Bonchev–Trinajstić information content (AvgIpc) is 3.23. The van der Waals surface area contributed by atoms with E-state index in [0.717, 1.165) is 36.5 Å². The molecule has 218 valence electrons. The predicted molar refractivity (Wildman–Crippen MR) is 156 cm³/mol. The summed E-state index contributed by atoms with van der Waals surface area (Å²) in [6, 6.07) is 6.47. The summed E-state index contributed by atoms with van der Waals surface area (Å²) in [4.78, 5) is 13.1. The summed E-state index contributed by atoms with van der Waals surface area (Å²) in [5.74, 6) is 4.99. The quantitative estimate of drug-likeness (QED) is 0.304. The van der Waals surface area contributed by atoms with Crippen LogP contribution in [-0.4, -0.2) is 28.5 Å². The maximum atomic E-state index is 13.1. The minimum Gasteiger partial charge on any atom is -0.508 e. The molecular formula is C34H53NO4. The Kier molecular flexibility index (Phi) is 8.30. The Balaban J connectivity index is 1.31. The third-order valence-corrected chi connectivity index (χ3v) is 12.3. The van der Waals surface area contributed by atoms with Crippen molar-refractivity contribution in [3.05, 3.63) is 24.3 Å². The number of amides is 1. The fourth-order valence-electron chi connectivity index (χ4n) is 10.3. The highest BCUT2D eigenvalue weighted by molar-refractivity contribution is 5.84. The van der Waals surface area contributed by atoms with E-state index >= 15 is 0 Å². The van der Waals surface area contributed by atoms with Crippen molar-refractivity contribution in [2.75, 3.05) is 5.32 Å². The van der Waals surface area contributed by atoms with Gasteiger partial charge < -0.3 is 14.9 Å². The SMILES string of the molecule is CC(C)CCC[C@@H](C)[C@H]1CC[C@H]2[C@H]3CC[C@@H]4C[C@H](O)CC(OC(=O)Nc5ccc(O)cc5)[C@]4(C)[C@H]3CC[C@]12C. The van der Waals surface area contributed by atoms with Gasteiger partial charge in [-0.15, -0.1) is 0 Å². The number of benzene rings is 1. The fourth-order valence-corrected chi connectivity index (χ4v) is 10.3. The van der Waals surface area contributed by atoms with Crippen LogP contribution >= 0.6 is 0 Å². The molecule has 4 fully saturated rings. The molecular weight excluding hydrogens is 486 g/mol. The molecule has 3 N–H and O–H groups in total. The molecule has 5 heteroatoms. The topological polar surface area (TPSA) is 78.8 Å². The standard InChI is InChI=1S/C34H53NO4/c1-21(2)7-6-8-22(3)28-15-16-29-27-14-9-23-19-26(37)20-31(34(23,5)30(27)17-18-33(28,29)4)39-32(38)35-24-10-12-25(36)13-11-24/h10-13,21-23,26-31,36-37H,6-9,14-20H2,1-5H3,(H,35,38)/t22-,23-,26+,27-,28-,29+,30+,31?,33-,34+/m1/s1. The van der Waals surface area contributed by atoms with Crippen LogP contribution in [0, 0.1) is 52.3 Å². The van der Waals surface area contributed by atoms with Crippen molar-refractivity contribution in [1.82, 2.24) is 0 Å². The second-order valence-corrected chi connectivity index (χ2v) is 14.7. The van der Waals surface area contributed by atoms with Crippen molar-refractivity contribution in [2.45, 2.75) is 117 Å². The van der Waals surface area contributed by atoms with Gasteiger partial charge in [0, 0.05) is 17.5 Å². The van der Waals surface area contributed by atoms with Gasteiger partial charge in [0.05, 0.1) is 6.10 Å². The van der Waals surface area contributed by atoms with Crippen LogP contribution in [0.15, 0.2) is 24.3 Å². The van der Waals surface area contributed by atoms with Gasteiger partial charge in [0.25, 0.3) is 0 Å². The molecule has 1 amide bonds. The molecule has 1 aromatic rings. The van der Waals surface area contributed by atoms with E-state index in [1.165, 1.54) is 51.4 Å². The number of aliphatic hydroxyl groups is 1. The third kappa shape index (κ3) is 5.46. The number of ether oxygens (including phenoxy) is 1. The molecule has 39 heavy (non-hydrogen) atoms. The number of anilines is 1. The monoisotopic (exact) mass is 539 g/mol. The second kappa shape index (κ2) is 11.3. The molecule has 4 aliphatic carbocycles. The summed E-state index contributed by atoms with van der Waals surface area (Å²) in [6.45, 7) is 12.2. The molecule has 0 radical (unpaired) electrons. The van der Waals surface area contributed by atoms with Crippen molar-refractivity contribution >= 4 is 11.8 Å². The van der Waals surface area contributed by atoms with E-state index in [4.69, 9.17) is 4.74 Å². The van der Waals surface area contributed by atoms with Crippen LogP contribution in [0.2, 0.25) is 0 Å². The van der Waals surface area contributed by atoms with E-state index in [2.05, 4.69) is 39.9 Å². The van der Waals surface area contributed by atoms with Gasteiger partial charge in [-0.25, -0.2) is 4.79 Å². The predicted octanol–water partition coefficient (Wildman–Crippen LogP) is 8.40. The lowest BCUT2D eigenvalue weighted by Crippen LogP contribution is -2.60. The Labute approximate surface area is 236 Å². The summed E-state index contributed by atoms with van der Waals surface area (Å²) < 4.78 is 6.20. The van der Waals surface area contributed by atoms with Gasteiger partial charge in [-0.3, -0.25) is 5.32 Å². The number of aromatic hydroxyl groups is 1. The molecule has 0 aromatic heterocycles. The van der Waals surface area contributed by atoms with Gasteiger partial charge in [0.1, 0.15) is 11.9 Å². The fraction of sp³-hybridized carbons (Fsp3) is 0.794. The molecule has 4 aliphatic rings. The van der Waals surface area contributed by atoms with Crippen molar-refractivity contribution < 1.29 is 19.7 Å². The number of hydrogen-bond acceptors (Lipinski definition) is 4. The number of hydrogen-bond donors (Lipinski definition) is 3. The van der Waals surface area contributed by atoms with Crippen LogP contribution < -0.4 is 5.32 Å². The maximum Gasteiger partial charge on any atom is 0.411 e. The number of phenols is 1. The Morgan fingerprint density at radius 3 is 2.46 bits per heavy atom. The van der Waals surface area contributed by atoms with Gasteiger partial charge in [-0.05, 0) is 116 Å². The van der Waals surface area contributed by atoms with Crippen LogP contribution in [0.4, 0.5) is 10.5 Å². The number of carbonyl (C=O) groups is 1. The normalized spacial score (nSPS) is 40.3. The van der Waals surface area contributed by atoms with E-state index in [-0.39, 0.29) is 17.3 Å². The number of carbonyl (C=O) groups excluding carboxylic acids is 1. The first-order valence-corrected chi connectivity index (χ1v) is 16.0. The molecule has 0 saturated heterocycles. The van der Waals surface area contributed by atoms with Crippen LogP contribution in [-0.2, 0) is 4.74 Å². The number of phenolic OH excluding ortho intramolecular Hbond substituents is 1. The van der Waals surface area contributed by atoms with Crippen molar-refractivity contribution in [3.63, 3.8) is 0 Å². The highest BCUT2D eigenvalue weighted by Crippen LogP contribution is 2.68. The number of aliphatic hydroxyl groups excluding tert-OH is 1. The summed E-state index contributed by atoms with van der Waals surface area (Å²) in [5, 5.41) is 23.2. The van der Waals surface area contributed by atoms with E-state index < -0.39 is 12.2 Å². The number of fused-ring (bicyclic) bond motifs is 5. The first-order chi connectivity index (χ1) is 18.5. The second-order valence-electron chi connectivity index (χ2n) is 14.7. The van der Waals surface area contributed by atoms with Crippen LogP contribution in [0.5, 0.6) is 5.75 Å². The lowest BCUT2D eigenvalue weighted by molar-refractivity contribution is -0.181. The zero-order valence-corrected chi connectivity index (χ0v) is 25.0. The summed E-state index contributed by atoms with van der Waals surface area (Å²) >= 11 is 0. The Bertz CT molecular complexity index is 993. The van der Waals surface area contributed by atoms with Gasteiger partial charge in [0.2, 0.25) is 0 Å². The lowest BCUT2D eigenvalue weighted by atomic mass is 9.43. The summed E-state index contributed by atoms with van der Waals surface area (Å²) in [7, 11) is 0. The van der Waals surface area contributed by atoms with Crippen molar-refractivity contribution in [2.24, 2.45) is 52.3 Å². The molecule has 1 unspecified atom stereocenters. The zero-order chi connectivity index (χ0) is 27.9. The molecule has 4 saturated carbocycles. The lowest BCUT2D eigenvalue weighted by Gasteiger charge is -2.62. The first-order valence-electron chi connectivity index (χ1n) is 16.0. The van der Waals surface area contributed by atoms with Crippen molar-refractivity contribution in [1.29, 1.82) is 0 Å². The highest BCUT2D eigenvalue weighted by Gasteiger charge is 2.63. The number of nitrogens with one attached hydrogen (secondary N) is 1. The van der Waals surface area contributed by atoms with Gasteiger partial charge >= 0.3 is 6.09 Å². The highest BCUT2D eigenvalue weighted by atomic mass is 16.6. The smallest absolute Gasteiger partial charge is 0.411 e. The van der Waals surface area contributed by atoms with E-state index in [1.54, 1.807) is 24.3 Å². The summed E-state index contributed by atoms with van der Waals surface area (Å²) in [5.41, 5.74) is 0.935. The molecule has 0 bridgehead atoms. The van der Waals surface area contributed by atoms with E-state index in [1.807, 2.05) is 0 Å². The van der Waals surface area contributed by atoms with Gasteiger partial charge in [-0.2, -0.15) is 0 Å². The van der Waals surface area contributed by atoms with Crippen molar-refractivity contribution in [3.8, 4) is 5.75 Å². The average molecular weight is 540 g/mol. The van der Waals surface area contributed by atoms with Gasteiger partial charge in [0.15, 0.2) is 0 Å². The van der Waals surface area contributed by atoms with Crippen LogP contribution in [0.25, 0.3) is 0 Å². The Morgan fingerprint density at radius 2 is 1.74 bits per heavy atom. The molecule has 5 nitrogen and oxygen atoms in total. The van der Waals surface area contributed by atoms with Crippen LogP contribution in [0.3, 0.4) is 0 Å². The number of rotatable bonds is 7. The first kappa shape index (κ1) is 28.8. The van der Waals surface area contributed by atoms with Gasteiger partial charge in [-0.1, -0.05) is 53.9 Å². The molecule has 5 rings (SSSR count). The zero-order valence-electron chi connectivity index (χ0n) is 25.0. The van der Waals surface area contributed by atoms with E-state index in [9.17, 15) is 15.0 Å². The molecule has 1 aromatic carbocycles. The molecule has 0 spiro atoms. The summed E-state index contributed by atoms with van der Waals surface area (Å²) in [6.07, 6.45) is 11.9. The largest absolute Gasteiger partial charge is 0.508 e. The molecule has 10 atom stereocenters. The minimum atomic E-state index is -0.460. The van der Waals surface area contributed by atoms with Crippen LogP contribution in [0.1, 0.15) is 105 Å². The minimum absolute atomic E-state index is 0.100. The Hall–Kier alpha value is -1.75. The third-order valence-electron chi connectivity index (χ3n) is 12.3. The molecule has 0 aliphatic heterocycles. The maximum absolute atomic E-state index is 13.1. The van der Waals surface area contributed by atoms with E-state index in [0.29, 0.717) is 35.3 Å².